The summed E-state index contributed by atoms with van der Waals surface area (Å²) in [7, 11) is 0. The van der Waals surface area contributed by atoms with Gasteiger partial charge in [0.15, 0.2) is 0 Å². The van der Waals surface area contributed by atoms with Crippen LogP contribution in [-0.4, -0.2) is 0 Å². The molecule has 2 heteroatoms. The number of benzene rings is 2. The van der Waals surface area contributed by atoms with Crippen molar-refractivity contribution in [3.63, 3.8) is 0 Å². The molecule has 0 N–H and O–H groups in total. The van der Waals surface area contributed by atoms with Gasteiger partial charge in [-0.15, -0.1) is 0 Å². The van der Waals surface area contributed by atoms with Gasteiger partial charge in [-0.25, -0.2) is 4.39 Å². The van der Waals surface area contributed by atoms with Crippen LogP contribution in [0.15, 0.2) is 48.5 Å². The van der Waals surface area contributed by atoms with E-state index in [1.54, 1.807) is 12.1 Å². The highest BCUT2D eigenvalue weighted by atomic mass is 35.5. The molecule has 0 aromatic heterocycles. The van der Waals surface area contributed by atoms with Gasteiger partial charge in [-0.3, -0.25) is 0 Å². The molecule has 0 amide bonds. The fraction of sp³-hybridized carbons (Fsp3) is 0.0714. The summed E-state index contributed by atoms with van der Waals surface area (Å²) in [5.41, 5.74) is 1.75. The van der Waals surface area contributed by atoms with Crippen LogP contribution in [0.2, 0.25) is 5.02 Å². The molecule has 16 heavy (non-hydrogen) atoms. The van der Waals surface area contributed by atoms with E-state index in [1.807, 2.05) is 36.8 Å². The zero-order valence-electron chi connectivity index (χ0n) is 8.66. The van der Waals surface area contributed by atoms with E-state index in [1.165, 1.54) is 6.07 Å². The quantitative estimate of drug-likeness (QED) is 0.743. The molecule has 81 valence electrons. The first-order valence-electron chi connectivity index (χ1n) is 5.08. The molecule has 0 aliphatic rings. The molecule has 0 spiro atoms. The van der Waals surface area contributed by atoms with Crippen molar-refractivity contribution in [2.45, 2.75) is 6.42 Å². The standard InChI is InChI=1S/C14H11ClF/c15-13-9-6-11(7-10-13)5-8-12-3-1-2-4-14(12)16/h1-4,6-10H,5H2. The van der Waals surface area contributed by atoms with Gasteiger partial charge in [0.05, 0.1) is 0 Å². The van der Waals surface area contributed by atoms with Gasteiger partial charge < -0.3 is 0 Å². The Hall–Kier alpha value is -1.34. The Morgan fingerprint density at radius 1 is 1.00 bits per heavy atom. The van der Waals surface area contributed by atoms with Crippen LogP contribution in [0.25, 0.3) is 0 Å². The van der Waals surface area contributed by atoms with Crippen molar-refractivity contribution in [3.8, 4) is 0 Å². The molecule has 2 rings (SSSR count). The van der Waals surface area contributed by atoms with Crippen molar-refractivity contribution in [1.29, 1.82) is 0 Å². The summed E-state index contributed by atoms with van der Waals surface area (Å²) < 4.78 is 13.3. The van der Waals surface area contributed by atoms with Crippen LogP contribution in [0.3, 0.4) is 0 Å². The van der Waals surface area contributed by atoms with Crippen LogP contribution in [0.1, 0.15) is 11.1 Å². The van der Waals surface area contributed by atoms with Crippen LogP contribution in [-0.2, 0) is 6.42 Å². The lowest BCUT2D eigenvalue weighted by Gasteiger charge is -2.03. The summed E-state index contributed by atoms with van der Waals surface area (Å²) in [6.45, 7) is 0. The third-order valence-electron chi connectivity index (χ3n) is 2.38. The summed E-state index contributed by atoms with van der Waals surface area (Å²) in [6.07, 6.45) is 2.58. The SMILES string of the molecule is Fc1ccccc1[CH]Cc1ccc(Cl)cc1. The fourth-order valence-corrected chi connectivity index (χ4v) is 1.61. The molecule has 0 fully saturated rings. The van der Waals surface area contributed by atoms with E-state index < -0.39 is 0 Å². The summed E-state index contributed by atoms with van der Waals surface area (Å²) in [5.74, 6) is -0.184. The summed E-state index contributed by atoms with van der Waals surface area (Å²) >= 11 is 5.78. The fourth-order valence-electron chi connectivity index (χ4n) is 1.49. The lowest BCUT2D eigenvalue weighted by atomic mass is 10.0. The second kappa shape index (κ2) is 5.13. The molecule has 0 heterocycles. The smallest absolute Gasteiger partial charge is 0.126 e. The number of hydrogen-bond donors (Lipinski definition) is 0. The minimum Gasteiger partial charge on any atom is -0.207 e. The van der Waals surface area contributed by atoms with Crippen molar-refractivity contribution in [2.24, 2.45) is 0 Å². The van der Waals surface area contributed by atoms with Crippen LogP contribution in [0.5, 0.6) is 0 Å². The maximum absolute atomic E-state index is 13.3. The van der Waals surface area contributed by atoms with E-state index in [0.717, 1.165) is 10.6 Å². The monoisotopic (exact) mass is 233 g/mol. The zero-order valence-corrected chi connectivity index (χ0v) is 9.42. The Labute approximate surface area is 99.7 Å². The Morgan fingerprint density at radius 3 is 2.38 bits per heavy atom. The largest absolute Gasteiger partial charge is 0.207 e. The van der Waals surface area contributed by atoms with Gasteiger partial charge >= 0.3 is 0 Å². The van der Waals surface area contributed by atoms with Crippen LogP contribution >= 0.6 is 11.6 Å². The first-order chi connectivity index (χ1) is 7.75. The van der Waals surface area contributed by atoms with Gasteiger partial charge in [0.25, 0.3) is 0 Å². The minimum absolute atomic E-state index is 0.184. The van der Waals surface area contributed by atoms with Crippen LogP contribution in [0.4, 0.5) is 4.39 Å². The second-order valence-corrected chi connectivity index (χ2v) is 3.99. The van der Waals surface area contributed by atoms with Gasteiger partial charge in [0, 0.05) is 5.02 Å². The van der Waals surface area contributed by atoms with Crippen LogP contribution in [0, 0.1) is 12.2 Å². The lowest BCUT2D eigenvalue weighted by Crippen LogP contribution is -1.91. The molecule has 2 aromatic rings. The summed E-state index contributed by atoms with van der Waals surface area (Å²) in [5, 5.41) is 0.717. The van der Waals surface area contributed by atoms with Gasteiger partial charge in [0.1, 0.15) is 5.82 Å². The van der Waals surface area contributed by atoms with Crippen LogP contribution < -0.4 is 0 Å². The first-order valence-corrected chi connectivity index (χ1v) is 5.46. The third-order valence-corrected chi connectivity index (χ3v) is 2.63. The Bertz CT molecular complexity index is 462. The molecule has 0 aliphatic heterocycles. The molecule has 0 saturated carbocycles. The number of halogens is 2. The molecule has 0 atom stereocenters. The number of hydrogen-bond acceptors (Lipinski definition) is 0. The highest BCUT2D eigenvalue weighted by Crippen LogP contribution is 2.15. The van der Waals surface area contributed by atoms with Crippen molar-refractivity contribution in [1.82, 2.24) is 0 Å². The summed E-state index contributed by atoms with van der Waals surface area (Å²) in [6, 6.07) is 14.3. The van der Waals surface area contributed by atoms with Gasteiger partial charge in [-0.2, -0.15) is 0 Å². The predicted octanol–water partition coefficient (Wildman–Crippen LogP) is 4.27. The van der Waals surface area contributed by atoms with Gasteiger partial charge in [-0.05, 0) is 42.2 Å². The summed E-state index contributed by atoms with van der Waals surface area (Å²) in [4.78, 5) is 0. The maximum Gasteiger partial charge on any atom is 0.126 e. The molecule has 0 saturated heterocycles. The van der Waals surface area contributed by atoms with E-state index in [9.17, 15) is 4.39 Å². The van der Waals surface area contributed by atoms with Crippen molar-refractivity contribution in [3.05, 3.63) is 76.9 Å². The molecular weight excluding hydrogens is 223 g/mol. The average molecular weight is 234 g/mol. The highest BCUT2D eigenvalue weighted by molar-refractivity contribution is 6.30. The van der Waals surface area contributed by atoms with Crippen molar-refractivity contribution in [2.75, 3.05) is 0 Å². The van der Waals surface area contributed by atoms with Gasteiger partial charge in [0.2, 0.25) is 0 Å². The first kappa shape index (κ1) is 11.2. The second-order valence-electron chi connectivity index (χ2n) is 3.56. The van der Waals surface area contributed by atoms with E-state index in [0.29, 0.717) is 12.0 Å². The Morgan fingerprint density at radius 2 is 1.69 bits per heavy atom. The normalized spacial score (nSPS) is 10.4. The molecule has 0 nitrogen and oxygen atoms in total. The predicted molar refractivity (Wildman–Crippen MR) is 65.0 cm³/mol. The van der Waals surface area contributed by atoms with Crippen molar-refractivity contribution < 1.29 is 4.39 Å². The third kappa shape index (κ3) is 2.83. The van der Waals surface area contributed by atoms with E-state index in [2.05, 4.69) is 0 Å². The molecule has 1 radical (unpaired) electrons. The molecule has 0 bridgehead atoms. The maximum atomic E-state index is 13.3. The van der Waals surface area contributed by atoms with E-state index >= 15 is 0 Å². The Kier molecular flexibility index (Phi) is 3.58. The average Bonchev–Trinajstić information content (AvgIpc) is 2.30. The molecular formula is C14H11ClF. The van der Waals surface area contributed by atoms with Gasteiger partial charge in [-0.1, -0.05) is 41.9 Å². The zero-order chi connectivity index (χ0) is 11.4. The lowest BCUT2D eigenvalue weighted by molar-refractivity contribution is 0.619. The minimum atomic E-state index is -0.184. The van der Waals surface area contributed by atoms with E-state index in [-0.39, 0.29) is 5.82 Å². The molecule has 0 aliphatic carbocycles. The molecule has 2 aromatic carbocycles. The topological polar surface area (TPSA) is 0 Å². The molecule has 0 unspecified atom stereocenters. The number of rotatable bonds is 3. The Balaban J connectivity index is 2.02. The van der Waals surface area contributed by atoms with E-state index in [4.69, 9.17) is 11.6 Å². The highest BCUT2D eigenvalue weighted by Gasteiger charge is 2.01. The van der Waals surface area contributed by atoms with Crippen molar-refractivity contribution >= 4 is 11.6 Å².